The number of hydrogen-bond acceptors (Lipinski definition) is 8. The summed E-state index contributed by atoms with van der Waals surface area (Å²) in [6, 6.07) is 0. The Kier molecular flexibility index (Phi) is 7.32. The molecule has 0 saturated carbocycles. The summed E-state index contributed by atoms with van der Waals surface area (Å²) in [5, 5.41) is 9.04. The lowest BCUT2D eigenvalue weighted by molar-refractivity contribution is -0.106. The standard InChI is InChI=1S/C10H13N5O3.C2H4O.CH5N/c11-10-13-8-7(9(17)14-10)12-4-15(8)6-2-1-5(3-16)18-6;1-2-3;1-2/h4-6,16H,1-3H2,(H3,11,13,14,17);2H,1H3;2H2,1H3. The molecule has 1 aliphatic rings. The second kappa shape index (κ2) is 8.98. The van der Waals surface area contributed by atoms with Crippen LogP contribution in [-0.2, 0) is 9.53 Å². The maximum Gasteiger partial charge on any atom is 0.280 e. The number of nitrogens with one attached hydrogen (secondary N) is 1. The molecule has 1 aliphatic heterocycles. The third-order valence-electron chi connectivity index (χ3n) is 3.05. The van der Waals surface area contributed by atoms with E-state index in [1.807, 2.05) is 0 Å². The lowest BCUT2D eigenvalue weighted by Gasteiger charge is -2.13. The summed E-state index contributed by atoms with van der Waals surface area (Å²) in [4.78, 5) is 30.9. The zero-order valence-electron chi connectivity index (χ0n) is 13.1. The largest absolute Gasteiger partial charge is 0.394 e. The van der Waals surface area contributed by atoms with Gasteiger partial charge in [0, 0.05) is 0 Å². The SMILES string of the molecule is CC=O.CN.Nc1nc2c(ncn2C2CCC(CO)O2)c(=O)[nH]1. The van der Waals surface area contributed by atoms with Gasteiger partial charge in [-0.3, -0.25) is 14.3 Å². The van der Waals surface area contributed by atoms with Crippen molar-refractivity contribution in [2.75, 3.05) is 19.4 Å². The average Bonchev–Trinajstić information content (AvgIpc) is 3.16. The molecule has 0 bridgehead atoms. The van der Waals surface area contributed by atoms with Crippen LogP contribution in [0.2, 0.25) is 0 Å². The van der Waals surface area contributed by atoms with Crippen LogP contribution in [0.25, 0.3) is 11.2 Å². The highest BCUT2D eigenvalue weighted by atomic mass is 16.5. The quantitative estimate of drug-likeness (QED) is 0.519. The molecule has 0 aliphatic carbocycles. The number of carbonyl (C=O) groups excluding carboxylic acids is 1. The molecule has 10 nitrogen and oxygen atoms in total. The van der Waals surface area contributed by atoms with E-state index in [1.165, 1.54) is 20.3 Å². The number of carbonyl (C=O) groups is 1. The number of aromatic nitrogens is 4. The topological polar surface area (TPSA) is 162 Å². The van der Waals surface area contributed by atoms with Crippen molar-refractivity contribution < 1.29 is 14.6 Å². The lowest BCUT2D eigenvalue weighted by Crippen LogP contribution is -2.16. The van der Waals surface area contributed by atoms with E-state index >= 15 is 0 Å². The van der Waals surface area contributed by atoms with E-state index in [9.17, 15) is 4.79 Å². The van der Waals surface area contributed by atoms with Crippen molar-refractivity contribution in [2.24, 2.45) is 5.73 Å². The molecular formula is C13H22N6O4. The first kappa shape index (κ1) is 18.7. The molecule has 6 N–H and O–H groups in total. The van der Waals surface area contributed by atoms with Gasteiger partial charge in [-0.2, -0.15) is 4.98 Å². The zero-order chi connectivity index (χ0) is 17.4. The molecule has 2 unspecified atom stereocenters. The monoisotopic (exact) mass is 326 g/mol. The van der Waals surface area contributed by atoms with E-state index in [2.05, 4.69) is 20.7 Å². The number of nitrogens with zero attached hydrogens (tertiary/aromatic N) is 3. The first-order valence-corrected chi connectivity index (χ1v) is 7.06. The van der Waals surface area contributed by atoms with Gasteiger partial charge in [0.25, 0.3) is 5.56 Å². The van der Waals surface area contributed by atoms with Crippen LogP contribution in [-0.4, -0.2) is 50.7 Å². The van der Waals surface area contributed by atoms with Gasteiger partial charge in [-0.15, -0.1) is 0 Å². The highest BCUT2D eigenvalue weighted by Gasteiger charge is 2.27. The highest BCUT2D eigenvalue weighted by molar-refractivity contribution is 5.70. The first-order valence-electron chi connectivity index (χ1n) is 7.06. The summed E-state index contributed by atoms with van der Waals surface area (Å²) >= 11 is 0. The number of H-pyrrole nitrogens is 1. The number of aldehydes is 1. The molecule has 1 fully saturated rings. The van der Waals surface area contributed by atoms with Crippen LogP contribution in [0.3, 0.4) is 0 Å². The number of aromatic amines is 1. The minimum absolute atomic E-state index is 0.0146. The maximum atomic E-state index is 11.6. The van der Waals surface area contributed by atoms with E-state index in [0.29, 0.717) is 5.65 Å². The smallest absolute Gasteiger partial charge is 0.280 e. The summed E-state index contributed by atoms with van der Waals surface area (Å²) in [6.07, 6.45) is 3.33. The number of nitrogens with two attached hydrogens (primary N) is 2. The van der Waals surface area contributed by atoms with Crippen LogP contribution < -0.4 is 17.0 Å². The molecular weight excluding hydrogens is 304 g/mol. The summed E-state index contributed by atoms with van der Waals surface area (Å²) in [7, 11) is 1.50. The number of aliphatic hydroxyl groups is 1. The average molecular weight is 326 g/mol. The van der Waals surface area contributed by atoms with E-state index in [1.54, 1.807) is 4.57 Å². The van der Waals surface area contributed by atoms with E-state index < -0.39 is 0 Å². The Hall–Kier alpha value is -2.30. The predicted octanol–water partition coefficient (Wildman–Crippen LogP) is -0.848. The number of rotatable bonds is 2. The molecule has 128 valence electrons. The van der Waals surface area contributed by atoms with Gasteiger partial charge in [0.2, 0.25) is 5.95 Å². The van der Waals surface area contributed by atoms with Crippen molar-refractivity contribution in [1.82, 2.24) is 19.5 Å². The van der Waals surface area contributed by atoms with Crippen LogP contribution in [0, 0.1) is 0 Å². The van der Waals surface area contributed by atoms with Gasteiger partial charge < -0.3 is 26.1 Å². The third kappa shape index (κ3) is 4.34. The van der Waals surface area contributed by atoms with E-state index in [4.69, 9.17) is 20.4 Å². The number of ether oxygens (including phenoxy) is 1. The Morgan fingerprint density at radius 2 is 2.17 bits per heavy atom. The summed E-state index contributed by atoms with van der Waals surface area (Å²) in [5.74, 6) is 0.0472. The minimum Gasteiger partial charge on any atom is -0.394 e. The lowest BCUT2D eigenvalue weighted by atomic mass is 10.2. The summed E-state index contributed by atoms with van der Waals surface area (Å²) < 4.78 is 7.30. The van der Waals surface area contributed by atoms with Crippen molar-refractivity contribution >= 4 is 23.4 Å². The highest BCUT2D eigenvalue weighted by Crippen LogP contribution is 2.29. The van der Waals surface area contributed by atoms with Gasteiger partial charge in [-0.05, 0) is 26.8 Å². The third-order valence-corrected chi connectivity index (χ3v) is 3.05. The molecule has 3 heterocycles. The number of hydrogen-bond donors (Lipinski definition) is 4. The molecule has 2 aromatic rings. The number of aliphatic hydroxyl groups excluding tert-OH is 1. The molecule has 0 spiro atoms. The second-order valence-electron chi connectivity index (χ2n) is 4.48. The van der Waals surface area contributed by atoms with Crippen molar-refractivity contribution in [3.05, 3.63) is 16.7 Å². The van der Waals surface area contributed by atoms with Crippen molar-refractivity contribution in [3.8, 4) is 0 Å². The fraction of sp³-hybridized carbons (Fsp3) is 0.538. The predicted molar refractivity (Wildman–Crippen MR) is 84.6 cm³/mol. The number of anilines is 1. The molecule has 3 rings (SSSR count). The van der Waals surface area contributed by atoms with Crippen LogP contribution in [0.4, 0.5) is 5.95 Å². The molecule has 0 aromatic carbocycles. The number of fused-ring (bicyclic) bond motifs is 1. The Bertz CT molecular complexity index is 683. The van der Waals surface area contributed by atoms with Gasteiger partial charge in [0.1, 0.15) is 12.5 Å². The van der Waals surface area contributed by atoms with E-state index in [-0.39, 0.29) is 36.0 Å². The molecule has 0 amide bonds. The van der Waals surface area contributed by atoms with Gasteiger partial charge >= 0.3 is 0 Å². The molecule has 10 heteroatoms. The van der Waals surface area contributed by atoms with Gasteiger partial charge in [-0.1, -0.05) is 0 Å². The van der Waals surface area contributed by atoms with Crippen molar-refractivity contribution in [3.63, 3.8) is 0 Å². The van der Waals surface area contributed by atoms with Gasteiger partial charge in [0.15, 0.2) is 11.2 Å². The molecule has 0 radical (unpaired) electrons. The fourth-order valence-electron chi connectivity index (χ4n) is 2.18. The minimum atomic E-state index is -0.368. The number of nitrogen functional groups attached to an aromatic ring is 1. The van der Waals surface area contributed by atoms with Crippen LogP contribution in [0.1, 0.15) is 26.0 Å². The van der Waals surface area contributed by atoms with Crippen LogP contribution in [0.15, 0.2) is 11.1 Å². The Balaban J connectivity index is 0.000000477. The summed E-state index contributed by atoms with van der Waals surface area (Å²) in [6.45, 7) is 1.43. The number of imidazole rings is 1. The summed E-state index contributed by atoms with van der Waals surface area (Å²) in [5.41, 5.74) is 10.3. The van der Waals surface area contributed by atoms with E-state index in [0.717, 1.165) is 19.1 Å². The zero-order valence-corrected chi connectivity index (χ0v) is 13.1. The first-order chi connectivity index (χ1) is 11.1. The fourth-order valence-corrected chi connectivity index (χ4v) is 2.18. The molecule has 2 aromatic heterocycles. The van der Waals surface area contributed by atoms with Gasteiger partial charge in [0.05, 0.1) is 19.0 Å². The van der Waals surface area contributed by atoms with Crippen LogP contribution >= 0.6 is 0 Å². The van der Waals surface area contributed by atoms with Crippen molar-refractivity contribution in [1.29, 1.82) is 0 Å². The Morgan fingerprint density at radius 3 is 2.74 bits per heavy atom. The molecule has 23 heavy (non-hydrogen) atoms. The van der Waals surface area contributed by atoms with Crippen LogP contribution in [0.5, 0.6) is 0 Å². The molecule has 1 saturated heterocycles. The normalized spacial score (nSPS) is 19.5. The van der Waals surface area contributed by atoms with Crippen molar-refractivity contribution in [2.45, 2.75) is 32.1 Å². The van der Waals surface area contributed by atoms with Gasteiger partial charge in [-0.25, -0.2) is 4.98 Å². The second-order valence-corrected chi connectivity index (χ2v) is 4.48. The molecule has 2 atom stereocenters. The Labute approximate surface area is 132 Å². The maximum absolute atomic E-state index is 11.6. The Morgan fingerprint density at radius 1 is 1.52 bits per heavy atom.